The van der Waals surface area contributed by atoms with Crippen LogP contribution in [0.5, 0.6) is 5.75 Å². The molecule has 2 aromatic rings. The molecule has 116 valence electrons. The normalized spacial score (nSPS) is 20.0. The van der Waals surface area contributed by atoms with Crippen molar-refractivity contribution in [1.82, 2.24) is 4.90 Å². The molecule has 3 heteroatoms. The average Bonchev–Trinajstić information content (AvgIpc) is 3.03. The summed E-state index contributed by atoms with van der Waals surface area (Å²) in [6, 6.07) is 20.6. The van der Waals surface area contributed by atoms with E-state index < -0.39 is 6.10 Å². The summed E-state index contributed by atoms with van der Waals surface area (Å²) in [7, 11) is 0. The molecule has 1 saturated heterocycles. The van der Waals surface area contributed by atoms with Crippen LogP contribution >= 0.6 is 0 Å². The Morgan fingerprint density at radius 1 is 1.05 bits per heavy atom. The molecule has 22 heavy (non-hydrogen) atoms. The van der Waals surface area contributed by atoms with E-state index >= 15 is 0 Å². The minimum atomic E-state index is -0.468. The topological polar surface area (TPSA) is 32.7 Å². The largest absolute Gasteiger partial charge is 0.491 e. The summed E-state index contributed by atoms with van der Waals surface area (Å²) in [4.78, 5) is 2.37. The first-order chi connectivity index (χ1) is 10.8. The number of hydrogen-bond donors (Lipinski definition) is 1. The fraction of sp³-hybridized carbons (Fsp3) is 0.368. The van der Waals surface area contributed by atoms with Crippen molar-refractivity contribution in [2.75, 3.05) is 19.7 Å². The molecule has 0 saturated carbocycles. The molecular weight excluding hydrogens is 274 g/mol. The molecule has 3 nitrogen and oxygen atoms in total. The quantitative estimate of drug-likeness (QED) is 0.888. The summed E-state index contributed by atoms with van der Waals surface area (Å²) in [5.41, 5.74) is 1.34. The number of likely N-dealkylation sites (tertiary alicyclic amines) is 1. The van der Waals surface area contributed by atoms with Crippen molar-refractivity contribution in [2.45, 2.75) is 25.0 Å². The fourth-order valence-corrected chi connectivity index (χ4v) is 3.13. The molecule has 0 amide bonds. The molecule has 0 radical (unpaired) electrons. The molecule has 1 aliphatic heterocycles. The second-order valence-electron chi connectivity index (χ2n) is 5.84. The van der Waals surface area contributed by atoms with Crippen LogP contribution in [-0.4, -0.2) is 35.8 Å². The zero-order valence-electron chi connectivity index (χ0n) is 12.8. The summed E-state index contributed by atoms with van der Waals surface area (Å²) in [5, 5.41) is 10.3. The lowest BCUT2D eigenvalue weighted by atomic mass is 10.0. The van der Waals surface area contributed by atoms with Gasteiger partial charge in [-0.05, 0) is 37.1 Å². The number of aliphatic hydroxyl groups is 1. The van der Waals surface area contributed by atoms with Gasteiger partial charge in [-0.3, -0.25) is 4.90 Å². The molecule has 3 rings (SSSR count). The molecule has 1 N–H and O–H groups in total. The Kier molecular flexibility index (Phi) is 5.09. The minimum Gasteiger partial charge on any atom is -0.491 e. The van der Waals surface area contributed by atoms with Gasteiger partial charge < -0.3 is 9.84 Å². The smallest absolute Gasteiger partial charge is 0.119 e. The second-order valence-corrected chi connectivity index (χ2v) is 5.84. The van der Waals surface area contributed by atoms with Crippen molar-refractivity contribution < 1.29 is 9.84 Å². The predicted octanol–water partition coefficient (Wildman–Crippen LogP) is 3.26. The Labute approximate surface area is 132 Å². The van der Waals surface area contributed by atoms with Gasteiger partial charge >= 0.3 is 0 Å². The van der Waals surface area contributed by atoms with Gasteiger partial charge in [0.1, 0.15) is 18.5 Å². The van der Waals surface area contributed by atoms with Gasteiger partial charge in [0.05, 0.1) is 0 Å². The maximum absolute atomic E-state index is 10.3. The van der Waals surface area contributed by atoms with E-state index in [1.807, 2.05) is 36.4 Å². The van der Waals surface area contributed by atoms with E-state index in [4.69, 9.17) is 4.74 Å². The highest BCUT2D eigenvalue weighted by Gasteiger charge is 2.27. The van der Waals surface area contributed by atoms with Gasteiger partial charge in [-0.2, -0.15) is 0 Å². The molecule has 2 unspecified atom stereocenters. The lowest BCUT2D eigenvalue weighted by Crippen LogP contribution is -2.35. The monoisotopic (exact) mass is 297 g/mol. The van der Waals surface area contributed by atoms with Gasteiger partial charge in [-0.1, -0.05) is 48.5 Å². The molecule has 0 bridgehead atoms. The zero-order valence-corrected chi connectivity index (χ0v) is 12.8. The van der Waals surface area contributed by atoms with E-state index in [9.17, 15) is 5.11 Å². The first kappa shape index (κ1) is 15.1. The van der Waals surface area contributed by atoms with Gasteiger partial charge in [0, 0.05) is 12.6 Å². The van der Waals surface area contributed by atoms with Gasteiger partial charge in [0.25, 0.3) is 0 Å². The molecular formula is C19H23NO2. The van der Waals surface area contributed by atoms with Crippen molar-refractivity contribution >= 4 is 0 Å². The van der Waals surface area contributed by atoms with Crippen molar-refractivity contribution in [3.05, 3.63) is 66.2 Å². The summed E-state index contributed by atoms with van der Waals surface area (Å²) in [5.74, 6) is 0.808. The van der Waals surface area contributed by atoms with Gasteiger partial charge in [-0.15, -0.1) is 0 Å². The third-order valence-electron chi connectivity index (χ3n) is 4.18. The number of β-amino-alcohol motifs (C(OH)–C–C–N with tert-alkyl or cyclic N) is 1. The van der Waals surface area contributed by atoms with Crippen LogP contribution < -0.4 is 4.74 Å². The van der Waals surface area contributed by atoms with Crippen LogP contribution in [0.15, 0.2) is 60.7 Å². The summed E-state index contributed by atoms with van der Waals surface area (Å²) in [6.45, 7) is 2.04. The SMILES string of the molecule is OC(COc1ccccc1)CN1CCCC1c1ccccc1. The molecule has 0 aliphatic carbocycles. The molecule has 1 fully saturated rings. The highest BCUT2D eigenvalue weighted by Crippen LogP contribution is 2.31. The predicted molar refractivity (Wildman–Crippen MR) is 87.9 cm³/mol. The number of para-hydroxylation sites is 1. The van der Waals surface area contributed by atoms with Crippen molar-refractivity contribution in [3.63, 3.8) is 0 Å². The Bertz CT molecular complexity index is 558. The number of aliphatic hydroxyl groups excluding tert-OH is 1. The van der Waals surface area contributed by atoms with E-state index in [-0.39, 0.29) is 0 Å². The van der Waals surface area contributed by atoms with Gasteiger partial charge in [0.2, 0.25) is 0 Å². The standard InChI is InChI=1S/C19H23NO2/c21-17(15-22-18-10-5-2-6-11-18)14-20-13-7-12-19(20)16-8-3-1-4-9-16/h1-6,8-11,17,19,21H,7,12-15H2. The maximum Gasteiger partial charge on any atom is 0.119 e. The van der Waals surface area contributed by atoms with Crippen LogP contribution in [-0.2, 0) is 0 Å². The van der Waals surface area contributed by atoms with E-state index in [1.165, 1.54) is 12.0 Å². The van der Waals surface area contributed by atoms with Gasteiger partial charge in [-0.25, -0.2) is 0 Å². The average molecular weight is 297 g/mol. The summed E-state index contributed by atoms with van der Waals surface area (Å²) < 4.78 is 5.64. The maximum atomic E-state index is 10.3. The fourth-order valence-electron chi connectivity index (χ4n) is 3.13. The van der Waals surface area contributed by atoms with Crippen LogP contribution in [0.3, 0.4) is 0 Å². The lowest BCUT2D eigenvalue weighted by molar-refractivity contribution is 0.0638. The highest BCUT2D eigenvalue weighted by molar-refractivity contribution is 5.21. The third kappa shape index (κ3) is 3.87. The number of hydrogen-bond acceptors (Lipinski definition) is 3. The van der Waals surface area contributed by atoms with E-state index in [0.717, 1.165) is 18.7 Å². The number of nitrogens with zero attached hydrogens (tertiary/aromatic N) is 1. The van der Waals surface area contributed by atoms with Gasteiger partial charge in [0.15, 0.2) is 0 Å². The van der Waals surface area contributed by atoms with E-state index in [0.29, 0.717) is 19.2 Å². The van der Waals surface area contributed by atoms with Crippen molar-refractivity contribution in [2.24, 2.45) is 0 Å². The third-order valence-corrected chi connectivity index (χ3v) is 4.18. The van der Waals surface area contributed by atoms with E-state index in [1.54, 1.807) is 0 Å². The van der Waals surface area contributed by atoms with Crippen LogP contribution in [0.4, 0.5) is 0 Å². The number of benzene rings is 2. The first-order valence-corrected chi connectivity index (χ1v) is 7.98. The molecule has 1 aliphatic rings. The Hall–Kier alpha value is -1.84. The summed E-state index contributed by atoms with van der Waals surface area (Å²) in [6.07, 6.45) is 1.88. The molecule has 1 heterocycles. The second kappa shape index (κ2) is 7.43. The first-order valence-electron chi connectivity index (χ1n) is 7.98. The number of ether oxygens (including phenoxy) is 1. The van der Waals surface area contributed by atoms with Crippen molar-refractivity contribution in [1.29, 1.82) is 0 Å². The summed E-state index contributed by atoms with van der Waals surface area (Å²) >= 11 is 0. The molecule has 0 aromatic heterocycles. The van der Waals surface area contributed by atoms with Crippen LogP contribution in [0.25, 0.3) is 0 Å². The highest BCUT2D eigenvalue weighted by atomic mass is 16.5. The van der Waals surface area contributed by atoms with E-state index in [2.05, 4.69) is 29.2 Å². The molecule has 2 atom stereocenters. The van der Waals surface area contributed by atoms with Crippen molar-refractivity contribution in [3.8, 4) is 5.75 Å². The molecule has 0 spiro atoms. The number of rotatable bonds is 6. The van der Waals surface area contributed by atoms with Crippen LogP contribution in [0.2, 0.25) is 0 Å². The Morgan fingerprint density at radius 3 is 2.45 bits per heavy atom. The Morgan fingerprint density at radius 2 is 1.73 bits per heavy atom. The molecule has 2 aromatic carbocycles. The zero-order chi connectivity index (χ0) is 15.2. The Balaban J connectivity index is 1.53. The minimum absolute atomic E-state index is 0.335. The van der Waals surface area contributed by atoms with Crippen LogP contribution in [0.1, 0.15) is 24.4 Å². The lowest BCUT2D eigenvalue weighted by Gasteiger charge is -2.27. The van der Waals surface area contributed by atoms with Crippen LogP contribution in [0, 0.1) is 0 Å².